The summed E-state index contributed by atoms with van der Waals surface area (Å²) < 4.78 is 3.05. The minimum atomic E-state index is -1.51. The maximum atomic E-state index is 8.89. The first-order valence-corrected chi connectivity index (χ1v) is 11.3. The summed E-state index contributed by atoms with van der Waals surface area (Å²) in [6, 6.07) is 6.40. The molecule has 0 aliphatic carbocycles. The van der Waals surface area contributed by atoms with Crippen LogP contribution in [-0.4, -0.2) is 25.7 Å². The SMILES string of the molecule is CC(=O)[O-].N#CC[CH2][Sn+]([CH2]CC#N)[CH2]CC#N. The van der Waals surface area contributed by atoms with E-state index in [0.717, 1.165) is 20.2 Å². The molecule has 0 aliphatic rings. The molecule has 0 N–H and O–H groups in total. The van der Waals surface area contributed by atoms with Gasteiger partial charge in [0.25, 0.3) is 0 Å². The van der Waals surface area contributed by atoms with Gasteiger partial charge in [0.2, 0.25) is 0 Å². The van der Waals surface area contributed by atoms with Gasteiger partial charge >= 0.3 is 86.3 Å². The van der Waals surface area contributed by atoms with Crippen molar-refractivity contribution < 1.29 is 9.90 Å². The summed E-state index contributed by atoms with van der Waals surface area (Å²) in [6.45, 7) is 0.972. The standard InChI is InChI=1S/3C3H4N.C2H4O2.Sn/c3*1-2-3-4;1-2(3)4;/h3*1-2H2;1H3,(H,3,4);/q;;;;+1/p-1. The van der Waals surface area contributed by atoms with E-state index in [1.807, 2.05) is 0 Å². The summed E-state index contributed by atoms with van der Waals surface area (Å²) in [5.41, 5.74) is 0. The molecule has 0 atom stereocenters. The van der Waals surface area contributed by atoms with E-state index in [9.17, 15) is 0 Å². The molecule has 90 valence electrons. The van der Waals surface area contributed by atoms with Gasteiger partial charge in [-0.3, -0.25) is 0 Å². The van der Waals surface area contributed by atoms with Crippen LogP contribution in [-0.2, 0) is 4.79 Å². The van der Waals surface area contributed by atoms with Gasteiger partial charge in [-0.2, -0.15) is 0 Å². The minimum absolute atomic E-state index is 0.617. The summed E-state index contributed by atoms with van der Waals surface area (Å²) in [7, 11) is 0. The van der Waals surface area contributed by atoms with E-state index >= 15 is 0 Å². The molecule has 0 aromatic rings. The Morgan fingerprint density at radius 1 is 1.00 bits per heavy atom. The number of carbonyl (C=O) groups excluding carboxylic acids is 1. The van der Waals surface area contributed by atoms with E-state index in [4.69, 9.17) is 25.7 Å². The van der Waals surface area contributed by atoms with Crippen LogP contribution in [0.1, 0.15) is 26.2 Å². The summed E-state index contributed by atoms with van der Waals surface area (Å²) in [5.74, 6) is -1.08. The number of aliphatic carboxylic acids is 1. The summed E-state index contributed by atoms with van der Waals surface area (Å²) in [5, 5.41) is 34.1. The van der Waals surface area contributed by atoms with Crippen molar-refractivity contribution >= 4 is 25.7 Å². The molecule has 0 bridgehead atoms. The fourth-order valence-corrected chi connectivity index (χ4v) is 7.20. The predicted octanol–water partition coefficient (Wildman–Crippen LogP) is 0.978. The third-order valence-electron chi connectivity index (χ3n) is 1.77. The van der Waals surface area contributed by atoms with Crippen molar-refractivity contribution in [1.82, 2.24) is 0 Å². The Kier molecular flexibility index (Phi) is 15.7. The van der Waals surface area contributed by atoms with Gasteiger partial charge < -0.3 is 9.90 Å². The Bertz CT molecular complexity index is 278. The molecule has 0 fully saturated rings. The summed E-state index contributed by atoms with van der Waals surface area (Å²) in [4.78, 5) is 8.89. The predicted molar refractivity (Wildman–Crippen MR) is 61.5 cm³/mol. The van der Waals surface area contributed by atoms with Crippen LogP contribution in [0, 0.1) is 34.0 Å². The topological polar surface area (TPSA) is 112 Å². The second-order valence-corrected chi connectivity index (χ2v) is 11.8. The molecule has 0 spiro atoms. The van der Waals surface area contributed by atoms with Crippen LogP contribution < -0.4 is 5.11 Å². The van der Waals surface area contributed by atoms with Crippen molar-refractivity contribution in [3.8, 4) is 18.2 Å². The summed E-state index contributed by atoms with van der Waals surface area (Å²) >= 11 is -1.51. The first-order chi connectivity index (χ1) is 8.08. The Balaban J connectivity index is 0. The average Bonchev–Trinajstić information content (AvgIpc) is 2.27. The van der Waals surface area contributed by atoms with Crippen LogP contribution in [0.15, 0.2) is 0 Å². The molecule has 0 aliphatic heterocycles. The monoisotopic (exact) mass is 341 g/mol. The van der Waals surface area contributed by atoms with Gasteiger partial charge in [-0.1, -0.05) is 0 Å². The Hall–Kier alpha value is -1.26. The number of nitrogens with zero attached hydrogens (tertiary/aromatic N) is 3. The Labute approximate surface area is 109 Å². The molecule has 0 rings (SSSR count). The van der Waals surface area contributed by atoms with Gasteiger partial charge in [0.15, 0.2) is 0 Å². The molecule has 0 saturated heterocycles. The van der Waals surface area contributed by atoms with Gasteiger partial charge in [-0.25, -0.2) is 0 Å². The third-order valence-corrected chi connectivity index (χ3v) is 9.97. The number of carboxylic acids is 1. The van der Waals surface area contributed by atoms with Gasteiger partial charge in [0.1, 0.15) is 0 Å². The maximum absolute atomic E-state index is 8.89. The van der Waals surface area contributed by atoms with E-state index < -0.39 is 25.7 Å². The van der Waals surface area contributed by atoms with Crippen molar-refractivity contribution in [3.63, 3.8) is 0 Å². The molecule has 0 saturated carbocycles. The number of rotatable bonds is 6. The second-order valence-electron chi connectivity index (χ2n) is 3.22. The molecule has 0 radical (unpaired) electrons. The number of carboxylic acid groups (broad SMARTS) is 1. The van der Waals surface area contributed by atoms with Crippen molar-refractivity contribution in [2.24, 2.45) is 0 Å². The molecule has 0 aromatic heterocycles. The summed E-state index contributed by atoms with van der Waals surface area (Å²) in [6.07, 6.45) is 1.85. The van der Waals surface area contributed by atoms with Gasteiger partial charge in [0, 0.05) is 5.97 Å². The van der Waals surface area contributed by atoms with Crippen LogP contribution in [0.25, 0.3) is 0 Å². The first-order valence-electron chi connectivity index (χ1n) is 5.20. The molecule has 5 nitrogen and oxygen atoms in total. The average molecular weight is 340 g/mol. The molecule has 0 amide bonds. The fraction of sp³-hybridized carbons (Fsp3) is 0.636. The molecule has 0 heterocycles. The zero-order valence-corrected chi connectivity index (χ0v) is 12.8. The number of carbonyl (C=O) groups is 1. The molecule has 0 aromatic carbocycles. The zero-order valence-electron chi connectivity index (χ0n) is 9.90. The number of nitriles is 3. The third kappa shape index (κ3) is 20.7. The van der Waals surface area contributed by atoms with E-state index in [2.05, 4.69) is 18.2 Å². The molecular formula is C11H15N3O2Sn. The van der Waals surface area contributed by atoms with E-state index in [1.165, 1.54) is 0 Å². The van der Waals surface area contributed by atoms with E-state index in [0.29, 0.717) is 19.3 Å². The zero-order chi connectivity index (χ0) is 13.5. The molecule has 0 unspecified atom stereocenters. The quantitative estimate of drug-likeness (QED) is 0.669. The van der Waals surface area contributed by atoms with Crippen LogP contribution in [0.3, 0.4) is 0 Å². The molecule has 6 heteroatoms. The molecular weight excluding hydrogens is 325 g/mol. The van der Waals surface area contributed by atoms with Crippen molar-refractivity contribution in [2.45, 2.75) is 39.5 Å². The number of hydrogen-bond donors (Lipinski definition) is 0. The first kappa shape index (κ1) is 18.1. The fourth-order valence-electron chi connectivity index (χ4n) is 1.07. The normalized spacial score (nSPS) is 7.65. The van der Waals surface area contributed by atoms with E-state index in [1.54, 1.807) is 0 Å². The molecule has 17 heavy (non-hydrogen) atoms. The van der Waals surface area contributed by atoms with Gasteiger partial charge in [-0.05, 0) is 6.92 Å². The Morgan fingerprint density at radius 2 is 1.24 bits per heavy atom. The van der Waals surface area contributed by atoms with Crippen LogP contribution >= 0.6 is 0 Å². The van der Waals surface area contributed by atoms with Gasteiger partial charge in [-0.15, -0.1) is 0 Å². The van der Waals surface area contributed by atoms with Crippen molar-refractivity contribution in [2.75, 3.05) is 0 Å². The number of hydrogen-bond acceptors (Lipinski definition) is 5. The van der Waals surface area contributed by atoms with Crippen LogP contribution in [0.2, 0.25) is 13.3 Å². The van der Waals surface area contributed by atoms with Crippen LogP contribution in [0.5, 0.6) is 0 Å². The van der Waals surface area contributed by atoms with Crippen molar-refractivity contribution in [1.29, 1.82) is 15.8 Å². The Morgan fingerprint density at radius 3 is 1.41 bits per heavy atom. The van der Waals surface area contributed by atoms with E-state index in [-0.39, 0.29) is 0 Å². The van der Waals surface area contributed by atoms with Crippen molar-refractivity contribution in [3.05, 3.63) is 0 Å². The van der Waals surface area contributed by atoms with Gasteiger partial charge in [0.05, 0.1) is 0 Å². The van der Waals surface area contributed by atoms with Crippen LogP contribution in [0.4, 0.5) is 0 Å². The second kappa shape index (κ2) is 14.7.